The molecule has 0 aromatic heterocycles. The number of nitrogens with zero attached hydrogens (tertiary/aromatic N) is 1. The summed E-state index contributed by atoms with van der Waals surface area (Å²) in [5.41, 5.74) is 2.13. The molecule has 4 heteroatoms. The van der Waals surface area contributed by atoms with Gasteiger partial charge in [-0.05, 0) is 63.2 Å². The van der Waals surface area contributed by atoms with Gasteiger partial charge in [-0.15, -0.1) is 0 Å². The first kappa shape index (κ1) is 19.6. The number of piperidine rings is 1. The highest BCUT2D eigenvalue weighted by Crippen LogP contribution is 2.22. The van der Waals surface area contributed by atoms with E-state index in [1.807, 2.05) is 12.1 Å². The topological polar surface area (TPSA) is 57.6 Å². The maximum absolute atomic E-state index is 12.7. The van der Waals surface area contributed by atoms with Crippen LogP contribution in [0.3, 0.4) is 0 Å². The fourth-order valence-electron chi connectivity index (χ4n) is 3.54. The number of carbonyl (C=O) groups excluding carboxylic acids is 1. The van der Waals surface area contributed by atoms with Crippen LogP contribution in [0.15, 0.2) is 24.3 Å². The summed E-state index contributed by atoms with van der Waals surface area (Å²) in [6.07, 6.45) is 4.77. The minimum atomic E-state index is -0.719. The molecule has 2 rings (SSSR count). The zero-order chi connectivity index (χ0) is 18.2. The van der Waals surface area contributed by atoms with Gasteiger partial charge in [0.2, 0.25) is 0 Å². The second-order valence-electron chi connectivity index (χ2n) is 7.63. The first-order valence-electron chi connectivity index (χ1n) is 9.53. The number of ketones is 1. The molecule has 1 aliphatic heterocycles. The molecule has 1 aromatic carbocycles. The van der Waals surface area contributed by atoms with Gasteiger partial charge in [-0.1, -0.05) is 38.1 Å². The van der Waals surface area contributed by atoms with Crippen molar-refractivity contribution in [2.24, 2.45) is 11.8 Å². The summed E-state index contributed by atoms with van der Waals surface area (Å²) in [5.74, 6) is 0.318. The van der Waals surface area contributed by atoms with Crippen LogP contribution in [0.2, 0.25) is 0 Å². The Hall–Kier alpha value is -1.68. The number of carbonyl (C=O) groups is 2. The largest absolute Gasteiger partial charge is 0.481 e. The van der Waals surface area contributed by atoms with Gasteiger partial charge in [0, 0.05) is 17.9 Å². The lowest BCUT2D eigenvalue weighted by Crippen LogP contribution is -2.37. The number of aliphatic carboxylic acids is 1. The van der Waals surface area contributed by atoms with Gasteiger partial charge in [-0.25, -0.2) is 0 Å². The highest BCUT2D eigenvalue weighted by atomic mass is 16.4. The number of unbranched alkanes of at least 4 members (excludes halogenated alkanes) is 1. The molecule has 138 valence electrons. The minimum absolute atomic E-state index is 0.131. The summed E-state index contributed by atoms with van der Waals surface area (Å²) in [6.45, 7) is 7.23. The summed E-state index contributed by atoms with van der Waals surface area (Å²) in [5, 5.41) is 8.66. The maximum atomic E-state index is 12.7. The van der Waals surface area contributed by atoms with Gasteiger partial charge < -0.3 is 10.0 Å². The molecule has 0 aliphatic carbocycles. The number of carboxylic acid groups (broad SMARTS) is 1. The van der Waals surface area contributed by atoms with Gasteiger partial charge in [0.25, 0.3) is 0 Å². The molecule has 1 fully saturated rings. The molecule has 1 N–H and O–H groups in total. The van der Waals surface area contributed by atoms with Crippen LogP contribution in [0.25, 0.3) is 0 Å². The van der Waals surface area contributed by atoms with Crippen molar-refractivity contribution in [1.29, 1.82) is 0 Å². The Kier molecular flexibility index (Phi) is 7.63. The molecule has 0 unspecified atom stereocenters. The number of hydrogen-bond acceptors (Lipinski definition) is 3. The zero-order valence-electron chi connectivity index (χ0n) is 15.5. The predicted octanol–water partition coefficient (Wildman–Crippen LogP) is 4.03. The number of carboxylic acids is 1. The molecular weight excluding hydrogens is 314 g/mol. The summed E-state index contributed by atoms with van der Waals surface area (Å²) < 4.78 is 0. The Morgan fingerprint density at radius 2 is 1.76 bits per heavy atom. The summed E-state index contributed by atoms with van der Waals surface area (Å²) in [4.78, 5) is 25.6. The molecule has 0 atom stereocenters. The molecule has 1 heterocycles. The number of likely N-dealkylation sites (tertiary alicyclic amines) is 1. The molecule has 1 aromatic rings. The molecule has 1 saturated heterocycles. The highest BCUT2D eigenvalue weighted by molar-refractivity contribution is 5.97. The standard InChI is InChI=1S/C21H31NO3/c1-16(2)15-17-6-8-18(9-7-17)21(25)19-10-13-22(14-11-19)12-4-3-5-20(23)24/h6-9,16,19H,3-5,10-15H2,1-2H3,(H,23,24). The molecule has 0 spiro atoms. The fraction of sp³-hybridized carbons (Fsp3) is 0.619. The molecule has 0 saturated carbocycles. The normalized spacial score (nSPS) is 16.3. The van der Waals surface area contributed by atoms with E-state index in [4.69, 9.17) is 5.11 Å². The van der Waals surface area contributed by atoms with Crippen molar-refractivity contribution in [3.05, 3.63) is 35.4 Å². The smallest absolute Gasteiger partial charge is 0.303 e. The van der Waals surface area contributed by atoms with Crippen molar-refractivity contribution in [1.82, 2.24) is 4.90 Å². The van der Waals surface area contributed by atoms with Crippen LogP contribution >= 0.6 is 0 Å². The van der Waals surface area contributed by atoms with Crippen molar-refractivity contribution < 1.29 is 14.7 Å². The Balaban J connectivity index is 1.76. The molecule has 0 radical (unpaired) electrons. The molecule has 4 nitrogen and oxygen atoms in total. The highest BCUT2D eigenvalue weighted by Gasteiger charge is 2.25. The van der Waals surface area contributed by atoms with Crippen molar-refractivity contribution in [3.8, 4) is 0 Å². The third-order valence-electron chi connectivity index (χ3n) is 4.96. The van der Waals surface area contributed by atoms with Crippen molar-refractivity contribution in [2.45, 2.75) is 52.4 Å². The van der Waals surface area contributed by atoms with E-state index in [2.05, 4.69) is 30.9 Å². The first-order valence-corrected chi connectivity index (χ1v) is 9.53. The zero-order valence-corrected chi connectivity index (χ0v) is 15.5. The third-order valence-corrected chi connectivity index (χ3v) is 4.96. The van der Waals surface area contributed by atoms with Gasteiger partial charge >= 0.3 is 5.97 Å². The summed E-state index contributed by atoms with van der Waals surface area (Å²) >= 11 is 0. The predicted molar refractivity (Wildman–Crippen MR) is 100.0 cm³/mol. The summed E-state index contributed by atoms with van der Waals surface area (Å²) in [6, 6.07) is 8.15. The average molecular weight is 345 g/mol. The van der Waals surface area contributed by atoms with Gasteiger partial charge in [0.15, 0.2) is 5.78 Å². The average Bonchev–Trinajstić information content (AvgIpc) is 2.59. The number of hydrogen-bond donors (Lipinski definition) is 1. The van der Waals surface area contributed by atoms with Gasteiger partial charge in [0.1, 0.15) is 0 Å². The van der Waals surface area contributed by atoms with E-state index >= 15 is 0 Å². The Bertz CT molecular complexity index is 557. The van der Waals surface area contributed by atoms with E-state index in [0.717, 1.165) is 57.3 Å². The van der Waals surface area contributed by atoms with Crippen molar-refractivity contribution in [2.75, 3.05) is 19.6 Å². The van der Waals surface area contributed by atoms with Crippen LogP contribution in [0, 0.1) is 11.8 Å². The van der Waals surface area contributed by atoms with E-state index in [1.165, 1.54) is 5.56 Å². The van der Waals surface area contributed by atoms with E-state index in [9.17, 15) is 9.59 Å². The lowest BCUT2D eigenvalue weighted by Gasteiger charge is -2.31. The Morgan fingerprint density at radius 1 is 1.12 bits per heavy atom. The number of Topliss-reactive ketones (excluding diaryl/α,β-unsaturated/α-hetero) is 1. The fourth-order valence-corrected chi connectivity index (χ4v) is 3.54. The number of benzene rings is 1. The Labute approximate surface area is 151 Å². The van der Waals surface area contributed by atoms with Gasteiger partial charge in [-0.2, -0.15) is 0 Å². The molecule has 0 bridgehead atoms. The van der Waals surface area contributed by atoms with Crippen LogP contribution in [0.1, 0.15) is 61.9 Å². The third kappa shape index (κ3) is 6.62. The first-order chi connectivity index (χ1) is 12.0. The molecule has 25 heavy (non-hydrogen) atoms. The SMILES string of the molecule is CC(C)Cc1ccc(C(=O)C2CCN(CCCCC(=O)O)CC2)cc1. The number of rotatable bonds is 9. The maximum Gasteiger partial charge on any atom is 0.303 e. The molecule has 1 aliphatic rings. The lowest BCUT2D eigenvalue weighted by molar-refractivity contribution is -0.137. The molecule has 0 amide bonds. The van der Waals surface area contributed by atoms with E-state index in [0.29, 0.717) is 5.92 Å². The van der Waals surface area contributed by atoms with Crippen LogP contribution in [0.4, 0.5) is 0 Å². The van der Waals surface area contributed by atoms with E-state index in [1.54, 1.807) is 0 Å². The lowest BCUT2D eigenvalue weighted by atomic mass is 9.88. The second kappa shape index (κ2) is 9.71. The Morgan fingerprint density at radius 3 is 2.32 bits per heavy atom. The van der Waals surface area contributed by atoms with E-state index in [-0.39, 0.29) is 18.1 Å². The van der Waals surface area contributed by atoms with E-state index < -0.39 is 5.97 Å². The quantitative estimate of drug-likeness (QED) is 0.542. The van der Waals surface area contributed by atoms with Crippen LogP contribution < -0.4 is 0 Å². The monoisotopic (exact) mass is 345 g/mol. The van der Waals surface area contributed by atoms with Crippen LogP contribution in [-0.4, -0.2) is 41.4 Å². The van der Waals surface area contributed by atoms with Gasteiger partial charge in [-0.3, -0.25) is 9.59 Å². The van der Waals surface area contributed by atoms with Gasteiger partial charge in [0.05, 0.1) is 0 Å². The van der Waals surface area contributed by atoms with Crippen LogP contribution in [-0.2, 0) is 11.2 Å². The minimum Gasteiger partial charge on any atom is -0.481 e. The van der Waals surface area contributed by atoms with Crippen molar-refractivity contribution in [3.63, 3.8) is 0 Å². The van der Waals surface area contributed by atoms with Crippen molar-refractivity contribution >= 4 is 11.8 Å². The summed E-state index contributed by atoms with van der Waals surface area (Å²) in [7, 11) is 0. The second-order valence-corrected chi connectivity index (χ2v) is 7.63. The molecular formula is C21H31NO3. The van der Waals surface area contributed by atoms with Crippen LogP contribution in [0.5, 0.6) is 0 Å².